The Kier molecular flexibility index (Phi) is 8.62. The zero-order valence-corrected chi connectivity index (χ0v) is 14.7. The lowest BCUT2D eigenvalue weighted by atomic mass is 9.90. The number of unbranched alkanes of at least 4 members (excludes halogenated alkanes) is 1. The van der Waals surface area contributed by atoms with Crippen LogP contribution in [0.4, 0.5) is 0 Å². The van der Waals surface area contributed by atoms with E-state index in [-0.39, 0.29) is 11.7 Å². The summed E-state index contributed by atoms with van der Waals surface area (Å²) in [6.07, 6.45) is 4.08. The number of benzene rings is 1. The molecule has 0 spiro atoms. The van der Waals surface area contributed by atoms with Crippen LogP contribution in [0.1, 0.15) is 49.9 Å². The van der Waals surface area contributed by atoms with Crippen molar-refractivity contribution in [3.63, 3.8) is 0 Å². The van der Waals surface area contributed by atoms with Crippen LogP contribution in [0.3, 0.4) is 0 Å². The number of halogens is 1. The highest BCUT2D eigenvalue weighted by Crippen LogP contribution is 2.28. The molecule has 0 bridgehead atoms. The fourth-order valence-corrected chi connectivity index (χ4v) is 2.71. The van der Waals surface area contributed by atoms with Gasteiger partial charge in [-0.25, -0.2) is 0 Å². The largest absolute Gasteiger partial charge is 0.490 e. The topological polar surface area (TPSA) is 35.5 Å². The predicted molar refractivity (Wildman–Crippen MR) is 89.1 cm³/mol. The monoisotopic (exact) mass is 356 g/mol. The molecule has 118 valence electrons. The lowest BCUT2D eigenvalue weighted by Gasteiger charge is -2.14. The maximum Gasteiger partial charge on any atom is 0.165 e. The van der Waals surface area contributed by atoms with Gasteiger partial charge in [0, 0.05) is 18.6 Å². The third-order valence-electron chi connectivity index (χ3n) is 3.53. The molecule has 3 nitrogen and oxygen atoms in total. The molecule has 0 saturated carbocycles. The maximum absolute atomic E-state index is 12.5. The van der Waals surface area contributed by atoms with Crippen molar-refractivity contribution < 1.29 is 14.3 Å². The van der Waals surface area contributed by atoms with Gasteiger partial charge in [-0.3, -0.25) is 4.79 Å². The highest BCUT2D eigenvalue weighted by atomic mass is 79.9. The van der Waals surface area contributed by atoms with Crippen LogP contribution < -0.4 is 4.74 Å². The minimum absolute atomic E-state index is 0.122. The average molecular weight is 357 g/mol. The van der Waals surface area contributed by atoms with Gasteiger partial charge in [0.15, 0.2) is 5.78 Å². The van der Waals surface area contributed by atoms with E-state index >= 15 is 0 Å². The fraction of sp³-hybridized carbons (Fsp3) is 0.588. The number of methoxy groups -OCH3 is 1. The Labute approximate surface area is 136 Å². The third-order valence-corrected chi connectivity index (χ3v) is 4.15. The average Bonchev–Trinajstić information content (AvgIpc) is 2.49. The summed E-state index contributed by atoms with van der Waals surface area (Å²) in [5.41, 5.74) is 0.754. The second-order valence-corrected chi connectivity index (χ2v) is 5.95. The van der Waals surface area contributed by atoms with Gasteiger partial charge in [-0.1, -0.05) is 26.7 Å². The van der Waals surface area contributed by atoms with Crippen molar-refractivity contribution in [2.45, 2.75) is 39.5 Å². The fourth-order valence-electron chi connectivity index (χ4n) is 2.21. The Morgan fingerprint density at radius 2 is 2.05 bits per heavy atom. The quantitative estimate of drug-likeness (QED) is 0.443. The van der Waals surface area contributed by atoms with E-state index in [9.17, 15) is 4.79 Å². The number of ketones is 1. The van der Waals surface area contributed by atoms with Gasteiger partial charge in [0.2, 0.25) is 0 Å². The lowest BCUT2D eigenvalue weighted by molar-refractivity contribution is 0.0908. The minimum atomic E-state index is 0.122. The third kappa shape index (κ3) is 5.79. The van der Waals surface area contributed by atoms with E-state index < -0.39 is 0 Å². The molecule has 0 heterocycles. The molecule has 0 aliphatic rings. The molecule has 1 atom stereocenters. The van der Waals surface area contributed by atoms with Crippen molar-refractivity contribution >= 4 is 21.7 Å². The Morgan fingerprint density at radius 3 is 2.62 bits per heavy atom. The van der Waals surface area contributed by atoms with Crippen LogP contribution in [0.25, 0.3) is 0 Å². The molecule has 21 heavy (non-hydrogen) atoms. The van der Waals surface area contributed by atoms with Crippen molar-refractivity contribution in [2.75, 3.05) is 20.3 Å². The van der Waals surface area contributed by atoms with Gasteiger partial charge in [-0.15, -0.1) is 0 Å². The van der Waals surface area contributed by atoms with Gasteiger partial charge in [0.25, 0.3) is 0 Å². The number of carbonyl (C=O) groups is 1. The molecular weight excluding hydrogens is 332 g/mol. The Bertz CT molecular complexity index is 446. The summed E-state index contributed by atoms with van der Waals surface area (Å²) in [5.74, 6) is 1.09. The Morgan fingerprint density at radius 1 is 1.29 bits per heavy atom. The molecular formula is C17H25BrO3. The number of ether oxygens (including phenoxy) is 2. The summed E-state index contributed by atoms with van der Waals surface area (Å²) < 4.78 is 11.3. The van der Waals surface area contributed by atoms with E-state index in [2.05, 4.69) is 29.8 Å². The number of rotatable bonds is 10. The maximum atomic E-state index is 12.5. The van der Waals surface area contributed by atoms with Crippen LogP contribution in [0, 0.1) is 5.92 Å². The minimum Gasteiger partial charge on any atom is -0.490 e. The Balaban J connectivity index is 2.74. The molecule has 0 aliphatic heterocycles. The first-order valence-electron chi connectivity index (χ1n) is 7.59. The molecule has 1 rings (SSSR count). The van der Waals surface area contributed by atoms with E-state index in [1.165, 1.54) is 0 Å². The highest BCUT2D eigenvalue weighted by Gasteiger charge is 2.18. The molecule has 0 saturated heterocycles. The predicted octanol–water partition coefficient (Wildman–Crippen LogP) is 4.87. The van der Waals surface area contributed by atoms with Crippen LogP contribution in [0.15, 0.2) is 22.7 Å². The van der Waals surface area contributed by atoms with Crippen molar-refractivity contribution in [1.82, 2.24) is 0 Å². The molecule has 1 aromatic carbocycles. The van der Waals surface area contributed by atoms with Gasteiger partial charge in [-0.05, 0) is 47.0 Å². The van der Waals surface area contributed by atoms with Gasteiger partial charge in [0.1, 0.15) is 12.4 Å². The van der Waals surface area contributed by atoms with E-state index in [0.29, 0.717) is 13.2 Å². The molecule has 1 aromatic rings. The number of Topliss-reactive ketones (excluding diaryl/α,β-unsaturated/α-hetero) is 1. The van der Waals surface area contributed by atoms with Crippen LogP contribution in [0.2, 0.25) is 0 Å². The smallest absolute Gasteiger partial charge is 0.165 e. The van der Waals surface area contributed by atoms with Crippen molar-refractivity contribution in [3.8, 4) is 5.75 Å². The molecule has 0 amide bonds. The summed E-state index contributed by atoms with van der Waals surface area (Å²) in [5, 5.41) is 0. The molecule has 0 N–H and O–H groups in total. The molecule has 1 unspecified atom stereocenters. The van der Waals surface area contributed by atoms with Gasteiger partial charge in [0.05, 0.1) is 11.1 Å². The van der Waals surface area contributed by atoms with Crippen LogP contribution in [-0.2, 0) is 4.74 Å². The van der Waals surface area contributed by atoms with E-state index in [0.717, 1.165) is 41.5 Å². The molecule has 0 radical (unpaired) electrons. The second-order valence-electron chi connectivity index (χ2n) is 5.10. The molecule has 4 heteroatoms. The van der Waals surface area contributed by atoms with Crippen LogP contribution in [0.5, 0.6) is 5.75 Å². The number of hydrogen-bond donors (Lipinski definition) is 0. The van der Waals surface area contributed by atoms with Crippen LogP contribution in [-0.4, -0.2) is 26.1 Å². The summed E-state index contributed by atoms with van der Waals surface area (Å²) in [6.45, 7) is 5.27. The van der Waals surface area contributed by atoms with E-state index in [4.69, 9.17) is 9.47 Å². The normalized spacial score (nSPS) is 12.2. The first-order valence-corrected chi connectivity index (χ1v) is 8.38. The SMILES string of the molecule is CCCCC(CC)C(=O)c1ccc(OCCOC)c(Br)c1. The van der Waals surface area contributed by atoms with E-state index in [1.807, 2.05) is 18.2 Å². The Hall–Kier alpha value is -0.870. The van der Waals surface area contributed by atoms with Gasteiger partial charge in [-0.2, -0.15) is 0 Å². The summed E-state index contributed by atoms with van der Waals surface area (Å²) in [7, 11) is 1.64. The number of carbonyl (C=O) groups excluding carboxylic acids is 1. The molecule has 0 fully saturated rings. The zero-order chi connectivity index (χ0) is 15.7. The van der Waals surface area contributed by atoms with E-state index in [1.54, 1.807) is 7.11 Å². The molecule has 0 aromatic heterocycles. The number of hydrogen-bond acceptors (Lipinski definition) is 3. The van der Waals surface area contributed by atoms with Crippen molar-refractivity contribution in [1.29, 1.82) is 0 Å². The standard InChI is InChI=1S/C17H25BrO3/c1-4-6-7-13(5-2)17(19)14-8-9-16(15(18)12-14)21-11-10-20-3/h8-9,12-13H,4-7,10-11H2,1-3H3. The van der Waals surface area contributed by atoms with Crippen molar-refractivity contribution in [3.05, 3.63) is 28.2 Å². The summed E-state index contributed by atoms with van der Waals surface area (Å²) >= 11 is 3.47. The summed E-state index contributed by atoms with van der Waals surface area (Å²) in [6, 6.07) is 5.56. The highest BCUT2D eigenvalue weighted by molar-refractivity contribution is 9.10. The van der Waals surface area contributed by atoms with Crippen molar-refractivity contribution in [2.24, 2.45) is 5.92 Å². The summed E-state index contributed by atoms with van der Waals surface area (Å²) in [4.78, 5) is 12.5. The first-order chi connectivity index (χ1) is 10.1. The second kappa shape index (κ2) is 9.96. The van der Waals surface area contributed by atoms with Crippen LogP contribution >= 0.6 is 15.9 Å². The zero-order valence-electron chi connectivity index (χ0n) is 13.2. The van der Waals surface area contributed by atoms with Gasteiger partial charge >= 0.3 is 0 Å². The van der Waals surface area contributed by atoms with Gasteiger partial charge < -0.3 is 9.47 Å². The molecule has 0 aliphatic carbocycles. The first kappa shape index (κ1) is 18.2. The lowest BCUT2D eigenvalue weighted by Crippen LogP contribution is -2.14.